The smallest absolute Gasteiger partial charge is 0.0960 e. The van der Waals surface area contributed by atoms with E-state index in [1.807, 2.05) is 0 Å². The first-order valence-corrected chi connectivity index (χ1v) is 6.69. The zero-order valence-corrected chi connectivity index (χ0v) is 10.7. The average molecular weight is 230 g/mol. The molecule has 0 bridgehead atoms. The maximum absolute atomic E-state index is 8.01. The lowest BCUT2D eigenvalue weighted by atomic mass is 10.0. The van der Waals surface area contributed by atoms with Crippen molar-refractivity contribution in [2.45, 2.75) is 45.1 Å². The van der Waals surface area contributed by atoms with Crippen LogP contribution in [0.25, 0.3) is 0 Å². The van der Waals surface area contributed by atoms with Crippen molar-refractivity contribution in [3.63, 3.8) is 0 Å². The summed E-state index contributed by atoms with van der Waals surface area (Å²) in [5.74, 6) is 0.847. The van der Waals surface area contributed by atoms with Gasteiger partial charge in [0.05, 0.1) is 5.84 Å². The molecule has 2 nitrogen and oxygen atoms in total. The summed E-state index contributed by atoms with van der Waals surface area (Å²) in [6.07, 6.45) is 5.60. The van der Waals surface area contributed by atoms with Gasteiger partial charge in [-0.25, -0.2) is 0 Å². The lowest BCUT2D eigenvalue weighted by Crippen LogP contribution is -2.37. The van der Waals surface area contributed by atoms with E-state index in [-0.39, 0.29) is 0 Å². The van der Waals surface area contributed by atoms with Gasteiger partial charge in [0.25, 0.3) is 0 Å². The molecule has 1 fully saturated rings. The molecule has 0 amide bonds. The molecule has 1 N–H and O–H groups in total. The van der Waals surface area contributed by atoms with Gasteiger partial charge in [-0.2, -0.15) is 0 Å². The third-order valence-corrected chi connectivity index (χ3v) is 3.54. The van der Waals surface area contributed by atoms with Crippen LogP contribution < -0.4 is 0 Å². The molecule has 0 radical (unpaired) electrons. The molecule has 0 unspecified atom stereocenters. The molecule has 1 heterocycles. The topological polar surface area (TPSA) is 27.1 Å². The van der Waals surface area contributed by atoms with Gasteiger partial charge in [0, 0.05) is 19.0 Å². The van der Waals surface area contributed by atoms with Crippen LogP contribution in [0.3, 0.4) is 0 Å². The number of nitrogens with zero attached hydrogens (tertiary/aromatic N) is 1. The molecular formula is C15H22N2. The van der Waals surface area contributed by atoms with Crippen molar-refractivity contribution < 1.29 is 0 Å². The van der Waals surface area contributed by atoms with E-state index < -0.39 is 0 Å². The van der Waals surface area contributed by atoms with Crippen molar-refractivity contribution >= 4 is 5.84 Å². The second kappa shape index (κ2) is 5.85. The highest BCUT2D eigenvalue weighted by atomic mass is 15.2. The second-order valence-electron chi connectivity index (χ2n) is 4.88. The SMILES string of the molecule is CCC[C@H](Cc1ccccc1)N1CCCC1=N. The first kappa shape index (κ1) is 12.2. The van der Waals surface area contributed by atoms with Gasteiger partial charge in [0.1, 0.15) is 0 Å². The van der Waals surface area contributed by atoms with Gasteiger partial charge in [-0.05, 0) is 24.8 Å². The van der Waals surface area contributed by atoms with Crippen molar-refractivity contribution in [3.05, 3.63) is 35.9 Å². The minimum atomic E-state index is 0.525. The normalized spacial score (nSPS) is 17.5. The quantitative estimate of drug-likeness (QED) is 0.824. The molecule has 2 rings (SSSR count). The van der Waals surface area contributed by atoms with Gasteiger partial charge in [0.2, 0.25) is 0 Å². The van der Waals surface area contributed by atoms with E-state index in [1.165, 1.54) is 18.4 Å². The van der Waals surface area contributed by atoms with Gasteiger partial charge in [0.15, 0.2) is 0 Å². The summed E-state index contributed by atoms with van der Waals surface area (Å²) in [6.45, 7) is 3.31. The van der Waals surface area contributed by atoms with E-state index in [0.29, 0.717) is 6.04 Å². The van der Waals surface area contributed by atoms with Crippen LogP contribution in [0.15, 0.2) is 30.3 Å². The zero-order chi connectivity index (χ0) is 12.1. The van der Waals surface area contributed by atoms with Crippen LogP contribution >= 0.6 is 0 Å². The van der Waals surface area contributed by atoms with Crippen LogP contribution in [-0.4, -0.2) is 23.3 Å². The van der Waals surface area contributed by atoms with E-state index in [9.17, 15) is 0 Å². The Hall–Kier alpha value is -1.31. The van der Waals surface area contributed by atoms with Crippen LogP contribution in [0, 0.1) is 5.41 Å². The van der Waals surface area contributed by atoms with Crippen molar-refractivity contribution in [2.75, 3.05) is 6.54 Å². The number of rotatable bonds is 5. The highest BCUT2D eigenvalue weighted by molar-refractivity contribution is 5.81. The Labute approximate surface area is 104 Å². The van der Waals surface area contributed by atoms with Crippen molar-refractivity contribution in [1.82, 2.24) is 4.90 Å². The molecule has 1 atom stereocenters. The molecule has 1 aromatic carbocycles. The van der Waals surface area contributed by atoms with Crippen molar-refractivity contribution in [2.24, 2.45) is 0 Å². The fraction of sp³-hybridized carbons (Fsp3) is 0.533. The molecular weight excluding hydrogens is 208 g/mol. The minimum absolute atomic E-state index is 0.525. The summed E-state index contributed by atoms with van der Waals surface area (Å²) in [6, 6.07) is 11.2. The summed E-state index contributed by atoms with van der Waals surface area (Å²) in [5, 5.41) is 8.01. The Bertz CT molecular complexity index is 358. The Morgan fingerprint density at radius 1 is 1.29 bits per heavy atom. The first-order valence-electron chi connectivity index (χ1n) is 6.69. The molecule has 0 saturated carbocycles. The molecule has 1 aliphatic heterocycles. The van der Waals surface area contributed by atoms with Crippen LogP contribution in [-0.2, 0) is 6.42 Å². The predicted molar refractivity (Wildman–Crippen MR) is 72.5 cm³/mol. The van der Waals surface area contributed by atoms with E-state index in [2.05, 4.69) is 42.2 Å². The lowest BCUT2D eigenvalue weighted by Gasteiger charge is -2.29. The summed E-state index contributed by atoms with van der Waals surface area (Å²) >= 11 is 0. The Kier molecular flexibility index (Phi) is 4.18. The van der Waals surface area contributed by atoms with Gasteiger partial charge >= 0.3 is 0 Å². The fourth-order valence-corrected chi connectivity index (χ4v) is 2.69. The van der Waals surface area contributed by atoms with E-state index in [1.54, 1.807) is 0 Å². The molecule has 1 aromatic rings. The number of hydrogen-bond donors (Lipinski definition) is 1. The highest BCUT2D eigenvalue weighted by Gasteiger charge is 2.24. The Balaban J connectivity index is 2.04. The molecule has 0 aliphatic carbocycles. The third-order valence-electron chi connectivity index (χ3n) is 3.54. The minimum Gasteiger partial charge on any atom is -0.357 e. The summed E-state index contributed by atoms with van der Waals surface area (Å²) < 4.78 is 0. The van der Waals surface area contributed by atoms with Gasteiger partial charge in [-0.1, -0.05) is 43.7 Å². The number of benzene rings is 1. The second-order valence-corrected chi connectivity index (χ2v) is 4.88. The fourth-order valence-electron chi connectivity index (χ4n) is 2.69. The first-order chi connectivity index (χ1) is 8.31. The number of amidine groups is 1. The largest absolute Gasteiger partial charge is 0.357 e. The zero-order valence-electron chi connectivity index (χ0n) is 10.7. The monoisotopic (exact) mass is 230 g/mol. The van der Waals surface area contributed by atoms with Crippen molar-refractivity contribution in [1.29, 1.82) is 5.41 Å². The van der Waals surface area contributed by atoms with Crippen LogP contribution in [0.1, 0.15) is 38.2 Å². The molecule has 17 heavy (non-hydrogen) atoms. The molecule has 2 heteroatoms. The third kappa shape index (κ3) is 3.09. The summed E-state index contributed by atoms with van der Waals surface area (Å²) in [5.41, 5.74) is 1.39. The standard InChI is InChI=1S/C15H22N2/c1-2-7-14(17-11-6-10-15(17)16)12-13-8-4-3-5-9-13/h3-5,8-9,14,16H,2,6-7,10-12H2,1H3/t14-/m1/s1. The van der Waals surface area contributed by atoms with Crippen molar-refractivity contribution in [3.8, 4) is 0 Å². The molecule has 0 spiro atoms. The van der Waals surface area contributed by atoms with Crippen LogP contribution in [0.5, 0.6) is 0 Å². The maximum Gasteiger partial charge on any atom is 0.0960 e. The van der Waals surface area contributed by atoms with E-state index >= 15 is 0 Å². The van der Waals surface area contributed by atoms with Crippen LogP contribution in [0.2, 0.25) is 0 Å². The molecule has 1 aliphatic rings. The number of likely N-dealkylation sites (tertiary alicyclic amines) is 1. The average Bonchev–Trinajstić information content (AvgIpc) is 2.76. The van der Waals surface area contributed by atoms with E-state index in [4.69, 9.17) is 5.41 Å². The summed E-state index contributed by atoms with van der Waals surface area (Å²) in [7, 11) is 0. The Morgan fingerprint density at radius 3 is 2.65 bits per heavy atom. The highest BCUT2D eigenvalue weighted by Crippen LogP contribution is 2.20. The Morgan fingerprint density at radius 2 is 2.06 bits per heavy atom. The summed E-state index contributed by atoms with van der Waals surface area (Å²) in [4.78, 5) is 2.32. The predicted octanol–water partition coefficient (Wildman–Crippen LogP) is 3.47. The molecule has 1 saturated heterocycles. The number of nitrogens with one attached hydrogen (secondary N) is 1. The van der Waals surface area contributed by atoms with Gasteiger partial charge in [-0.15, -0.1) is 0 Å². The maximum atomic E-state index is 8.01. The van der Waals surface area contributed by atoms with Gasteiger partial charge in [-0.3, -0.25) is 5.41 Å². The van der Waals surface area contributed by atoms with Gasteiger partial charge < -0.3 is 4.90 Å². The lowest BCUT2D eigenvalue weighted by molar-refractivity contribution is 0.310. The number of hydrogen-bond acceptors (Lipinski definition) is 1. The van der Waals surface area contributed by atoms with Crippen LogP contribution in [0.4, 0.5) is 0 Å². The molecule has 0 aromatic heterocycles. The van der Waals surface area contributed by atoms with E-state index in [0.717, 1.165) is 31.6 Å². The molecule has 92 valence electrons.